The van der Waals surface area contributed by atoms with E-state index in [2.05, 4.69) is 20.0 Å². The zero-order valence-electron chi connectivity index (χ0n) is 11.4. The number of nitrogens with one attached hydrogen (secondary N) is 3. The largest absolute Gasteiger partial charge is 0.347 e. The second-order valence-electron chi connectivity index (χ2n) is 4.31. The van der Waals surface area contributed by atoms with Crippen LogP contribution in [0.4, 0.5) is 0 Å². The number of nitrogens with zero attached hydrogens (tertiary/aromatic N) is 1. The van der Waals surface area contributed by atoms with Gasteiger partial charge in [0.1, 0.15) is 10.0 Å². The van der Waals surface area contributed by atoms with Crippen molar-refractivity contribution in [1.29, 1.82) is 0 Å². The Morgan fingerprint density at radius 3 is 2.85 bits per heavy atom. The molecule has 8 heteroatoms. The topological polar surface area (TPSA) is 86.9 Å². The van der Waals surface area contributed by atoms with Crippen LogP contribution in [0, 0.1) is 6.92 Å². The van der Waals surface area contributed by atoms with E-state index in [1.165, 1.54) is 11.3 Å². The number of thiophene rings is 1. The predicted molar refractivity (Wildman–Crippen MR) is 79.0 cm³/mol. The van der Waals surface area contributed by atoms with E-state index in [-0.39, 0.29) is 6.54 Å². The van der Waals surface area contributed by atoms with E-state index in [1.807, 2.05) is 13.8 Å². The van der Waals surface area contributed by atoms with Crippen molar-refractivity contribution in [2.45, 2.75) is 31.1 Å². The van der Waals surface area contributed by atoms with Crippen molar-refractivity contribution in [3.63, 3.8) is 0 Å². The Morgan fingerprint density at radius 2 is 2.20 bits per heavy atom. The smallest absolute Gasteiger partial charge is 0.250 e. The van der Waals surface area contributed by atoms with E-state index in [1.54, 1.807) is 18.5 Å². The quantitative estimate of drug-likeness (QED) is 0.720. The van der Waals surface area contributed by atoms with Gasteiger partial charge >= 0.3 is 0 Å². The van der Waals surface area contributed by atoms with Crippen LogP contribution in [-0.2, 0) is 23.1 Å². The number of hydrogen-bond acceptors (Lipinski definition) is 5. The summed E-state index contributed by atoms with van der Waals surface area (Å²) in [7, 11) is -3.48. The predicted octanol–water partition coefficient (Wildman–Crippen LogP) is 1.37. The van der Waals surface area contributed by atoms with Crippen molar-refractivity contribution in [2.75, 3.05) is 6.54 Å². The minimum atomic E-state index is -3.48. The first-order valence-electron chi connectivity index (χ1n) is 6.31. The SMILES string of the molecule is CCNCc1sc(S(=O)(=O)NCc2ncc[nH]2)cc1C. The van der Waals surface area contributed by atoms with Crippen LogP contribution in [0.3, 0.4) is 0 Å². The van der Waals surface area contributed by atoms with E-state index in [9.17, 15) is 8.42 Å². The van der Waals surface area contributed by atoms with Crippen molar-refractivity contribution in [2.24, 2.45) is 0 Å². The average Bonchev–Trinajstić information content (AvgIpc) is 3.04. The fraction of sp³-hybridized carbons (Fsp3) is 0.417. The lowest BCUT2D eigenvalue weighted by Gasteiger charge is -2.02. The van der Waals surface area contributed by atoms with Crippen LogP contribution in [0.5, 0.6) is 0 Å². The monoisotopic (exact) mass is 314 g/mol. The van der Waals surface area contributed by atoms with Gasteiger partial charge in [-0.1, -0.05) is 6.92 Å². The molecular formula is C12H18N4O2S2. The van der Waals surface area contributed by atoms with Gasteiger partial charge < -0.3 is 10.3 Å². The van der Waals surface area contributed by atoms with Gasteiger partial charge in [0.05, 0.1) is 6.54 Å². The Balaban J connectivity index is 2.09. The molecule has 110 valence electrons. The zero-order chi connectivity index (χ0) is 14.6. The number of imidazole rings is 1. The second kappa shape index (κ2) is 6.49. The van der Waals surface area contributed by atoms with E-state index in [0.717, 1.165) is 17.0 Å². The number of hydrogen-bond donors (Lipinski definition) is 3. The molecule has 0 spiro atoms. The first-order valence-corrected chi connectivity index (χ1v) is 8.61. The van der Waals surface area contributed by atoms with Crippen molar-refractivity contribution < 1.29 is 8.42 Å². The number of aromatic amines is 1. The molecule has 0 aliphatic carbocycles. The first kappa shape index (κ1) is 15.2. The van der Waals surface area contributed by atoms with Crippen molar-refractivity contribution in [3.8, 4) is 0 Å². The van der Waals surface area contributed by atoms with Gasteiger partial charge in [0.25, 0.3) is 0 Å². The Labute approximate surface area is 122 Å². The highest BCUT2D eigenvalue weighted by molar-refractivity contribution is 7.91. The van der Waals surface area contributed by atoms with Gasteiger partial charge in [0.2, 0.25) is 10.0 Å². The Bertz CT molecular complexity index is 647. The molecular weight excluding hydrogens is 296 g/mol. The van der Waals surface area contributed by atoms with Gasteiger partial charge in [-0.25, -0.2) is 18.1 Å². The minimum absolute atomic E-state index is 0.162. The first-order chi connectivity index (χ1) is 9.53. The molecule has 6 nitrogen and oxygen atoms in total. The number of aromatic nitrogens is 2. The lowest BCUT2D eigenvalue weighted by Crippen LogP contribution is -2.23. The fourth-order valence-corrected chi connectivity index (χ4v) is 4.26. The third-order valence-corrected chi connectivity index (χ3v) is 5.89. The number of rotatable bonds is 7. The molecule has 2 rings (SSSR count). The van der Waals surface area contributed by atoms with Crippen molar-refractivity contribution >= 4 is 21.4 Å². The fourth-order valence-electron chi connectivity index (χ4n) is 1.66. The third-order valence-electron chi connectivity index (χ3n) is 2.78. The molecule has 2 aromatic rings. The van der Waals surface area contributed by atoms with Gasteiger partial charge in [-0.3, -0.25) is 0 Å². The van der Waals surface area contributed by atoms with Gasteiger partial charge in [-0.2, -0.15) is 0 Å². The van der Waals surface area contributed by atoms with Gasteiger partial charge in [-0.15, -0.1) is 11.3 Å². The Morgan fingerprint density at radius 1 is 1.40 bits per heavy atom. The molecule has 0 aliphatic heterocycles. The summed E-state index contributed by atoms with van der Waals surface area (Å²) in [6, 6.07) is 1.71. The molecule has 0 aliphatic rings. The highest BCUT2D eigenvalue weighted by Crippen LogP contribution is 2.25. The normalized spacial score (nSPS) is 11.9. The standard InChI is InChI=1S/C12H18N4O2S2/c1-3-13-7-10-9(2)6-12(19-10)20(17,18)16-8-11-14-4-5-15-11/h4-6,13,16H,3,7-8H2,1-2H3,(H,14,15). The number of H-pyrrole nitrogens is 1. The van der Waals surface area contributed by atoms with Gasteiger partial charge in [0.15, 0.2) is 0 Å². The summed E-state index contributed by atoms with van der Waals surface area (Å²) in [5.41, 5.74) is 0.995. The van der Waals surface area contributed by atoms with Crippen LogP contribution < -0.4 is 10.0 Å². The summed E-state index contributed by atoms with van der Waals surface area (Å²) in [6.45, 7) is 5.66. The molecule has 0 radical (unpaired) electrons. The lowest BCUT2D eigenvalue weighted by molar-refractivity contribution is 0.581. The zero-order valence-corrected chi connectivity index (χ0v) is 13.1. The van der Waals surface area contributed by atoms with E-state index >= 15 is 0 Å². The van der Waals surface area contributed by atoms with Crippen LogP contribution >= 0.6 is 11.3 Å². The van der Waals surface area contributed by atoms with Crippen LogP contribution in [0.15, 0.2) is 22.7 Å². The maximum Gasteiger partial charge on any atom is 0.250 e. The summed E-state index contributed by atoms with van der Waals surface area (Å²) in [6.07, 6.45) is 3.25. The maximum absolute atomic E-state index is 12.2. The molecule has 2 aromatic heterocycles. The number of aryl methyl sites for hydroxylation is 1. The molecule has 0 aromatic carbocycles. The molecule has 3 N–H and O–H groups in total. The number of sulfonamides is 1. The molecule has 0 saturated carbocycles. The summed E-state index contributed by atoms with van der Waals surface area (Å²) in [5, 5.41) is 3.20. The molecule has 0 atom stereocenters. The van der Waals surface area contributed by atoms with Crippen LogP contribution in [-0.4, -0.2) is 24.9 Å². The van der Waals surface area contributed by atoms with Gasteiger partial charge in [-0.05, 0) is 25.1 Å². The van der Waals surface area contributed by atoms with E-state index < -0.39 is 10.0 Å². The van der Waals surface area contributed by atoms with Crippen LogP contribution in [0.2, 0.25) is 0 Å². The average molecular weight is 314 g/mol. The van der Waals surface area contributed by atoms with E-state index in [0.29, 0.717) is 16.6 Å². The lowest BCUT2D eigenvalue weighted by atomic mass is 10.3. The third kappa shape index (κ3) is 3.66. The Hall–Kier alpha value is -1.22. The molecule has 0 unspecified atom stereocenters. The minimum Gasteiger partial charge on any atom is -0.347 e. The van der Waals surface area contributed by atoms with Crippen LogP contribution in [0.25, 0.3) is 0 Å². The molecule has 2 heterocycles. The Kier molecular flexibility index (Phi) is 4.92. The van der Waals surface area contributed by atoms with E-state index in [4.69, 9.17) is 0 Å². The molecule has 0 fully saturated rings. The van der Waals surface area contributed by atoms with Gasteiger partial charge in [0, 0.05) is 23.8 Å². The van der Waals surface area contributed by atoms with Crippen molar-refractivity contribution in [3.05, 3.63) is 34.7 Å². The summed E-state index contributed by atoms with van der Waals surface area (Å²) >= 11 is 1.30. The molecule has 20 heavy (non-hydrogen) atoms. The maximum atomic E-state index is 12.2. The highest BCUT2D eigenvalue weighted by atomic mass is 32.2. The molecule has 0 saturated heterocycles. The summed E-state index contributed by atoms with van der Waals surface area (Å²) in [4.78, 5) is 7.89. The molecule has 0 amide bonds. The summed E-state index contributed by atoms with van der Waals surface area (Å²) < 4.78 is 27.3. The van der Waals surface area contributed by atoms with Crippen LogP contribution in [0.1, 0.15) is 23.2 Å². The summed E-state index contributed by atoms with van der Waals surface area (Å²) in [5.74, 6) is 0.592. The highest BCUT2D eigenvalue weighted by Gasteiger charge is 2.18. The van der Waals surface area contributed by atoms with Crippen molar-refractivity contribution in [1.82, 2.24) is 20.0 Å². The molecule has 0 bridgehead atoms. The second-order valence-corrected chi connectivity index (χ2v) is 7.44.